The molecule has 3 N–H and O–H groups in total. The van der Waals surface area contributed by atoms with Crippen molar-refractivity contribution in [2.24, 2.45) is 5.73 Å². The molecule has 1 aromatic heterocycles. The number of aromatic nitrogens is 1. The van der Waals surface area contributed by atoms with Crippen molar-refractivity contribution in [2.75, 3.05) is 23.8 Å². The van der Waals surface area contributed by atoms with Gasteiger partial charge in [-0.05, 0) is 12.1 Å². The van der Waals surface area contributed by atoms with Gasteiger partial charge >= 0.3 is 0 Å². The number of rotatable bonds is 4. The van der Waals surface area contributed by atoms with E-state index in [9.17, 15) is 4.79 Å². The fourth-order valence-electron chi connectivity index (χ4n) is 1.63. The SMILES string of the molecule is NC(=S)c1ccc(C(=O)NCC2CSCCS2)nc1. The number of carbonyl (C=O) groups is 1. The molecule has 1 unspecified atom stereocenters. The highest BCUT2D eigenvalue weighted by atomic mass is 32.2. The van der Waals surface area contributed by atoms with E-state index in [2.05, 4.69) is 10.3 Å². The van der Waals surface area contributed by atoms with E-state index < -0.39 is 0 Å². The van der Waals surface area contributed by atoms with E-state index in [1.807, 2.05) is 23.5 Å². The average Bonchev–Trinajstić information content (AvgIpc) is 2.46. The molecule has 1 saturated heterocycles. The van der Waals surface area contributed by atoms with Gasteiger partial charge in [0, 0.05) is 40.8 Å². The van der Waals surface area contributed by atoms with Crippen molar-refractivity contribution in [3.63, 3.8) is 0 Å². The Balaban J connectivity index is 1.86. The van der Waals surface area contributed by atoms with Gasteiger partial charge in [-0.15, -0.1) is 0 Å². The minimum absolute atomic E-state index is 0.148. The van der Waals surface area contributed by atoms with Crippen molar-refractivity contribution >= 4 is 46.6 Å². The van der Waals surface area contributed by atoms with Crippen molar-refractivity contribution in [1.29, 1.82) is 0 Å². The largest absolute Gasteiger partial charge is 0.389 e. The van der Waals surface area contributed by atoms with Crippen molar-refractivity contribution in [3.05, 3.63) is 29.6 Å². The molecular weight excluding hydrogens is 298 g/mol. The molecule has 102 valence electrons. The smallest absolute Gasteiger partial charge is 0.269 e. The van der Waals surface area contributed by atoms with E-state index >= 15 is 0 Å². The summed E-state index contributed by atoms with van der Waals surface area (Å²) in [7, 11) is 0. The van der Waals surface area contributed by atoms with Gasteiger partial charge in [-0.3, -0.25) is 9.78 Å². The molecule has 4 nitrogen and oxygen atoms in total. The molecule has 7 heteroatoms. The van der Waals surface area contributed by atoms with Gasteiger partial charge in [-0.25, -0.2) is 0 Å². The second kappa shape index (κ2) is 7.12. The fraction of sp³-hybridized carbons (Fsp3) is 0.417. The molecule has 0 bridgehead atoms. The molecule has 0 spiro atoms. The Bertz CT molecular complexity index is 458. The Morgan fingerprint density at radius 2 is 2.37 bits per heavy atom. The van der Waals surface area contributed by atoms with Gasteiger partial charge in [-0.1, -0.05) is 12.2 Å². The van der Waals surface area contributed by atoms with E-state index in [1.165, 1.54) is 11.9 Å². The average molecular weight is 313 g/mol. The van der Waals surface area contributed by atoms with Crippen LogP contribution in [0.2, 0.25) is 0 Å². The van der Waals surface area contributed by atoms with Crippen LogP contribution >= 0.6 is 35.7 Å². The standard InChI is InChI=1S/C12H15N3OS3/c13-11(17)8-1-2-10(14-5-8)12(16)15-6-9-7-18-3-4-19-9/h1-2,5,9H,3-4,6-7H2,(H2,13,17)(H,15,16). The molecule has 2 heterocycles. The van der Waals surface area contributed by atoms with Gasteiger partial charge in [0.1, 0.15) is 10.7 Å². The molecule has 1 aliphatic rings. The maximum Gasteiger partial charge on any atom is 0.269 e. The van der Waals surface area contributed by atoms with Gasteiger partial charge in [0.05, 0.1) is 0 Å². The Labute approximate surface area is 126 Å². The summed E-state index contributed by atoms with van der Waals surface area (Å²) in [4.78, 5) is 16.3. The third kappa shape index (κ3) is 4.36. The van der Waals surface area contributed by atoms with Crippen LogP contribution < -0.4 is 11.1 Å². The topological polar surface area (TPSA) is 68.0 Å². The Morgan fingerprint density at radius 3 is 2.95 bits per heavy atom. The molecular formula is C12H15N3OS3. The lowest BCUT2D eigenvalue weighted by Gasteiger charge is -2.20. The maximum atomic E-state index is 11.9. The van der Waals surface area contributed by atoms with Gasteiger partial charge < -0.3 is 11.1 Å². The predicted octanol–water partition coefficient (Wildman–Crippen LogP) is 1.29. The van der Waals surface area contributed by atoms with Crippen molar-refractivity contribution in [1.82, 2.24) is 10.3 Å². The van der Waals surface area contributed by atoms with Crippen LogP contribution in [0.25, 0.3) is 0 Å². The zero-order chi connectivity index (χ0) is 13.7. The lowest BCUT2D eigenvalue weighted by Crippen LogP contribution is -2.33. The van der Waals surface area contributed by atoms with E-state index in [1.54, 1.807) is 12.1 Å². The number of pyridine rings is 1. The van der Waals surface area contributed by atoms with Crippen LogP contribution in [0.4, 0.5) is 0 Å². The number of thioether (sulfide) groups is 2. The van der Waals surface area contributed by atoms with Crippen LogP contribution in [0.15, 0.2) is 18.3 Å². The van der Waals surface area contributed by atoms with Crippen molar-refractivity contribution in [3.8, 4) is 0 Å². The van der Waals surface area contributed by atoms with E-state index in [0.29, 0.717) is 23.1 Å². The maximum absolute atomic E-state index is 11.9. The summed E-state index contributed by atoms with van der Waals surface area (Å²) >= 11 is 8.70. The molecule has 1 atom stereocenters. The Hall–Kier alpha value is -0.790. The molecule has 0 saturated carbocycles. The number of hydrogen-bond acceptors (Lipinski definition) is 5. The first-order valence-corrected chi connectivity index (χ1v) is 8.51. The van der Waals surface area contributed by atoms with Crippen LogP contribution in [-0.4, -0.2) is 44.9 Å². The second-order valence-corrected chi connectivity index (χ2v) is 7.07. The van der Waals surface area contributed by atoms with Gasteiger partial charge in [-0.2, -0.15) is 23.5 Å². The number of carbonyl (C=O) groups excluding carboxylic acids is 1. The van der Waals surface area contributed by atoms with E-state index in [-0.39, 0.29) is 10.9 Å². The van der Waals surface area contributed by atoms with Crippen molar-refractivity contribution < 1.29 is 4.79 Å². The fourth-order valence-corrected chi connectivity index (χ4v) is 4.36. The number of nitrogens with zero attached hydrogens (tertiary/aromatic N) is 1. The molecule has 0 aromatic carbocycles. The Morgan fingerprint density at radius 1 is 1.53 bits per heavy atom. The molecule has 0 radical (unpaired) electrons. The van der Waals surface area contributed by atoms with Crippen LogP contribution in [0.5, 0.6) is 0 Å². The quantitative estimate of drug-likeness (QED) is 0.817. The van der Waals surface area contributed by atoms with Gasteiger partial charge in [0.25, 0.3) is 5.91 Å². The Kier molecular flexibility index (Phi) is 5.47. The lowest BCUT2D eigenvalue weighted by atomic mass is 10.2. The summed E-state index contributed by atoms with van der Waals surface area (Å²) in [5, 5.41) is 3.42. The lowest BCUT2D eigenvalue weighted by molar-refractivity contribution is 0.0949. The van der Waals surface area contributed by atoms with Crippen LogP contribution in [0.1, 0.15) is 16.1 Å². The summed E-state index contributed by atoms with van der Waals surface area (Å²) in [5.74, 6) is 3.31. The number of nitrogens with two attached hydrogens (primary N) is 1. The summed E-state index contributed by atoms with van der Waals surface area (Å²) in [5.41, 5.74) is 6.55. The molecule has 1 aromatic rings. The molecule has 1 fully saturated rings. The second-order valence-electron chi connectivity index (χ2n) is 4.07. The highest BCUT2D eigenvalue weighted by molar-refractivity contribution is 8.06. The highest BCUT2D eigenvalue weighted by Crippen LogP contribution is 2.23. The van der Waals surface area contributed by atoms with Crippen LogP contribution in [-0.2, 0) is 0 Å². The minimum Gasteiger partial charge on any atom is -0.389 e. The predicted molar refractivity (Wildman–Crippen MR) is 86.0 cm³/mol. The number of amides is 1. The van der Waals surface area contributed by atoms with Crippen molar-refractivity contribution in [2.45, 2.75) is 5.25 Å². The number of hydrogen-bond donors (Lipinski definition) is 2. The summed E-state index contributed by atoms with van der Waals surface area (Å²) < 4.78 is 0. The first-order chi connectivity index (χ1) is 9.16. The molecule has 1 aliphatic heterocycles. The third-order valence-corrected chi connectivity index (χ3v) is 5.74. The van der Waals surface area contributed by atoms with Crippen LogP contribution in [0.3, 0.4) is 0 Å². The summed E-state index contributed by atoms with van der Waals surface area (Å²) in [6.07, 6.45) is 1.53. The van der Waals surface area contributed by atoms with E-state index in [0.717, 1.165) is 11.5 Å². The normalized spacial score (nSPS) is 18.8. The molecule has 2 rings (SSSR count). The van der Waals surface area contributed by atoms with Crippen LogP contribution in [0, 0.1) is 0 Å². The zero-order valence-electron chi connectivity index (χ0n) is 10.3. The molecule has 1 amide bonds. The monoisotopic (exact) mass is 313 g/mol. The molecule has 0 aliphatic carbocycles. The van der Waals surface area contributed by atoms with Gasteiger partial charge in [0.2, 0.25) is 0 Å². The summed E-state index contributed by atoms with van der Waals surface area (Å²) in [6, 6.07) is 3.36. The van der Waals surface area contributed by atoms with E-state index in [4.69, 9.17) is 18.0 Å². The number of nitrogens with one attached hydrogen (secondary N) is 1. The molecule has 19 heavy (non-hydrogen) atoms. The summed E-state index contributed by atoms with van der Waals surface area (Å²) in [6.45, 7) is 0.690. The third-order valence-electron chi connectivity index (χ3n) is 2.66. The minimum atomic E-state index is -0.148. The first kappa shape index (κ1) is 14.6. The zero-order valence-corrected chi connectivity index (χ0v) is 12.7. The van der Waals surface area contributed by atoms with Gasteiger partial charge in [0.15, 0.2) is 0 Å². The highest BCUT2D eigenvalue weighted by Gasteiger charge is 2.16. The number of thiocarbonyl (C=S) groups is 1. The first-order valence-electron chi connectivity index (χ1n) is 5.90.